The van der Waals surface area contributed by atoms with Gasteiger partial charge in [0, 0.05) is 6.20 Å². The van der Waals surface area contributed by atoms with Gasteiger partial charge in [-0.1, -0.05) is 0 Å². The molecule has 4 heteroatoms. The molecule has 0 unspecified atom stereocenters. The lowest BCUT2D eigenvalue weighted by Crippen LogP contribution is -2.05. The highest BCUT2D eigenvalue weighted by Crippen LogP contribution is 2.00. The van der Waals surface area contributed by atoms with Gasteiger partial charge in [-0.2, -0.15) is 0 Å². The molecule has 0 bridgehead atoms. The van der Waals surface area contributed by atoms with Crippen molar-refractivity contribution in [3.8, 4) is 0 Å². The number of hydrogen-bond donors (Lipinski definition) is 1. The zero-order valence-electron chi connectivity index (χ0n) is 7.32. The highest BCUT2D eigenvalue weighted by molar-refractivity contribution is 5.16. The van der Waals surface area contributed by atoms with E-state index in [4.69, 9.17) is 10.5 Å². The van der Waals surface area contributed by atoms with Crippen molar-refractivity contribution in [1.29, 1.82) is 0 Å². The molecule has 0 saturated heterocycles. The minimum Gasteiger partial charge on any atom is -0.373 e. The number of nitrogens with zero attached hydrogens (tertiary/aromatic N) is 2. The number of hydrogen-bond acceptors (Lipinski definition) is 4. The second-order valence-electron chi connectivity index (χ2n) is 2.77. The smallest absolute Gasteiger partial charge is 0.220 e. The van der Waals surface area contributed by atoms with E-state index in [1.165, 1.54) is 0 Å². The van der Waals surface area contributed by atoms with Gasteiger partial charge in [0.25, 0.3) is 0 Å². The summed E-state index contributed by atoms with van der Waals surface area (Å²) in [6, 6.07) is 1.79. The van der Waals surface area contributed by atoms with Gasteiger partial charge in [0.1, 0.15) is 0 Å². The monoisotopic (exact) mass is 167 g/mol. The number of rotatable bonds is 3. The Hall–Kier alpha value is -1.16. The number of anilines is 1. The fourth-order valence-corrected chi connectivity index (χ4v) is 0.745. The highest BCUT2D eigenvalue weighted by Gasteiger charge is 1.97. The standard InChI is InChI=1S/C8H13N3O/c1-6(2)12-5-7-3-4-10-8(9)11-7/h3-4,6H,5H2,1-2H3,(H2,9,10,11). The quantitative estimate of drug-likeness (QED) is 0.729. The van der Waals surface area contributed by atoms with E-state index in [2.05, 4.69) is 9.97 Å². The van der Waals surface area contributed by atoms with Gasteiger partial charge in [0.05, 0.1) is 18.4 Å². The molecule has 2 N–H and O–H groups in total. The summed E-state index contributed by atoms with van der Waals surface area (Å²) >= 11 is 0. The van der Waals surface area contributed by atoms with Gasteiger partial charge in [-0.05, 0) is 19.9 Å². The fraction of sp³-hybridized carbons (Fsp3) is 0.500. The molecular weight excluding hydrogens is 154 g/mol. The van der Waals surface area contributed by atoms with Gasteiger partial charge in [0.15, 0.2) is 0 Å². The number of nitrogen functional groups attached to an aromatic ring is 1. The number of nitrogens with two attached hydrogens (primary N) is 1. The summed E-state index contributed by atoms with van der Waals surface area (Å²) in [6.07, 6.45) is 1.84. The van der Waals surface area contributed by atoms with Crippen molar-refractivity contribution in [3.05, 3.63) is 18.0 Å². The molecule has 66 valence electrons. The molecule has 0 spiro atoms. The lowest BCUT2D eigenvalue weighted by atomic mass is 10.4. The van der Waals surface area contributed by atoms with Gasteiger partial charge < -0.3 is 10.5 Å². The first-order chi connectivity index (χ1) is 5.68. The largest absolute Gasteiger partial charge is 0.373 e. The minimum absolute atomic E-state index is 0.209. The van der Waals surface area contributed by atoms with Crippen LogP contribution in [-0.4, -0.2) is 16.1 Å². The molecule has 0 aliphatic heterocycles. The summed E-state index contributed by atoms with van der Waals surface area (Å²) in [4.78, 5) is 7.76. The van der Waals surface area contributed by atoms with Gasteiger partial charge in [-0.25, -0.2) is 9.97 Å². The Morgan fingerprint density at radius 1 is 1.58 bits per heavy atom. The molecule has 0 amide bonds. The second kappa shape index (κ2) is 4.01. The van der Waals surface area contributed by atoms with E-state index in [-0.39, 0.29) is 6.10 Å². The maximum atomic E-state index is 5.39. The Bertz CT molecular complexity index is 250. The van der Waals surface area contributed by atoms with Crippen molar-refractivity contribution in [2.75, 3.05) is 5.73 Å². The Kier molecular flexibility index (Phi) is 2.99. The minimum atomic E-state index is 0.209. The number of ether oxygens (including phenoxy) is 1. The fourth-order valence-electron chi connectivity index (χ4n) is 0.745. The van der Waals surface area contributed by atoms with Crippen LogP contribution < -0.4 is 5.73 Å². The summed E-state index contributed by atoms with van der Waals surface area (Å²) < 4.78 is 5.34. The van der Waals surface area contributed by atoms with Crippen LogP contribution in [-0.2, 0) is 11.3 Å². The van der Waals surface area contributed by atoms with Gasteiger partial charge in [0.2, 0.25) is 5.95 Å². The molecule has 1 rings (SSSR count). The average molecular weight is 167 g/mol. The van der Waals surface area contributed by atoms with E-state index < -0.39 is 0 Å². The van der Waals surface area contributed by atoms with Crippen molar-refractivity contribution in [2.24, 2.45) is 0 Å². The van der Waals surface area contributed by atoms with E-state index in [0.29, 0.717) is 12.6 Å². The summed E-state index contributed by atoms with van der Waals surface area (Å²) in [6.45, 7) is 4.44. The van der Waals surface area contributed by atoms with E-state index in [9.17, 15) is 0 Å². The van der Waals surface area contributed by atoms with Gasteiger partial charge in [-0.3, -0.25) is 0 Å². The predicted molar refractivity (Wildman–Crippen MR) is 46.4 cm³/mol. The first kappa shape index (κ1) is 8.93. The molecule has 12 heavy (non-hydrogen) atoms. The first-order valence-corrected chi connectivity index (χ1v) is 3.87. The normalized spacial score (nSPS) is 10.6. The lowest BCUT2D eigenvalue weighted by Gasteiger charge is -2.06. The topological polar surface area (TPSA) is 61.0 Å². The third-order valence-electron chi connectivity index (χ3n) is 1.30. The third-order valence-corrected chi connectivity index (χ3v) is 1.30. The van der Waals surface area contributed by atoms with Crippen LogP contribution in [0.1, 0.15) is 19.5 Å². The van der Waals surface area contributed by atoms with Crippen LogP contribution in [0, 0.1) is 0 Å². The molecule has 0 atom stereocenters. The molecule has 1 heterocycles. The SMILES string of the molecule is CC(C)OCc1ccnc(N)n1. The second-order valence-corrected chi connectivity index (χ2v) is 2.77. The summed E-state index contributed by atoms with van der Waals surface area (Å²) in [5.74, 6) is 0.292. The molecule has 1 aromatic heterocycles. The van der Waals surface area contributed by atoms with Crippen LogP contribution in [0.2, 0.25) is 0 Å². The van der Waals surface area contributed by atoms with Crippen LogP contribution in [0.3, 0.4) is 0 Å². The Labute approximate surface area is 71.8 Å². The molecular formula is C8H13N3O. The van der Waals surface area contributed by atoms with Crippen LogP contribution in [0.15, 0.2) is 12.3 Å². The van der Waals surface area contributed by atoms with Crippen LogP contribution in [0.4, 0.5) is 5.95 Å². The molecule has 0 aromatic carbocycles. The molecule has 4 nitrogen and oxygen atoms in total. The maximum absolute atomic E-state index is 5.39. The van der Waals surface area contributed by atoms with Crippen LogP contribution >= 0.6 is 0 Å². The number of aromatic nitrogens is 2. The van der Waals surface area contributed by atoms with E-state index in [1.807, 2.05) is 13.8 Å². The van der Waals surface area contributed by atoms with Gasteiger partial charge in [-0.15, -0.1) is 0 Å². The summed E-state index contributed by atoms with van der Waals surface area (Å²) in [5.41, 5.74) is 6.20. The summed E-state index contributed by atoms with van der Waals surface area (Å²) in [5, 5.41) is 0. The first-order valence-electron chi connectivity index (χ1n) is 3.87. The highest BCUT2D eigenvalue weighted by atomic mass is 16.5. The van der Waals surface area contributed by atoms with Gasteiger partial charge >= 0.3 is 0 Å². The van der Waals surface area contributed by atoms with E-state index in [1.54, 1.807) is 12.3 Å². The van der Waals surface area contributed by atoms with Crippen molar-refractivity contribution in [1.82, 2.24) is 9.97 Å². The van der Waals surface area contributed by atoms with Crippen molar-refractivity contribution in [2.45, 2.75) is 26.6 Å². The molecule has 0 aliphatic carbocycles. The predicted octanol–water partition coefficient (Wildman–Crippen LogP) is 0.984. The third kappa shape index (κ3) is 2.84. The Morgan fingerprint density at radius 2 is 2.33 bits per heavy atom. The summed E-state index contributed by atoms with van der Waals surface area (Å²) in [7, 11) is 0. The zero-order valence-corrected chi connectivity index (χ0v) is 7.32. The van der Waals surface area contributed by atoms with Crippen molar-refractivity contribution in [3.63, 3.8) is 0 Å². The van der Waals surface area contributed by atoms with E-state index in [0.717, 1.165) is 5.69 Å². The van der Waals surface area contributed by atoms with Crippen LogP contribution in [0.5, 0.6) is 0 Å². The zero-order chi connectivity index (χ0) is 8.97. The van der Waals surface area contributed by atoms with Crippen LogP contribution in [0.25, 0.3) is 0 Å². The molecule has 0 fully saturated rings. The maximum Gasteiger partial charge on any atom is 0.220 e. The lowest BCUT2D eigenvalue weighted by molar-refractivity contribution is 0.0636. The molecule has 0 aliphatic rings. The molecule has 1 aromatic rings. The van der Waals surface area contributed by atoms with Crippen molar-refractivity contribution >= 4 is 5.95 Å². The Balaban J connectivity index is 2.52. The molecule has 0 saturated carbocycles. The van der Waals surface area contributed by atoms with Crippen molar-refractivity contribution < 1.29 is 4.74 Å². The average Bonchev–Trinajstić information content (AvgIpc) is 2.01. The molecule has 0 radical (unpaired) electrons. The van der Waals surface area contributed by atoms with E-state index >= 15 is 0 Å². The Morgan fingerprint density at radius 3 is 2.92 bits per heavy atom.